The molecule has 5 heteroatoms. The first-order valence-electron chi connectivity index (χ1n) is 5.67. The van der Waals surface area contributed by atoms with Gasteiger partial charge in [0.15, 0.2) is 5.75 Å². The summed E-state index contributed by atoms with van der Waals surface area (Å²) in [6, 6.07) is 9.09. The number of aliphatic hydroxyl groups excluding tert-OH is 1. The van der Waals surface area contributed by atoms with E-state index >= 15 is 0 Å². The van der Waals surface area contributed by atoms with Gasteiger partial charge in [-0.15, -0.1) is 11.3 Å². The Morgan fingerprint density at radius 2 is 2.00 bits per heavy atom. The summed E-state index contributed by atoms with van der Waals surface area (Å²) in [6.07, 6.45) is 3.44. The Balaban J connectivity index is 2.00. The minimum absolute atomic E-state index is 0.0275. The number of ether oxygens (including phenoxy) is 1. The van der Waals surface area contributed by atoms with Crippen LogP contribution in [-0.2, 0) is 6.61 Å². The highest BCUT2D eigenvalue weighted by atomic mass is 35.5. The molecule has 0 aliphatic rings. The van der Waals surface area contributed by atoms with Crippen LogP contribution < -0.4 is 4.74 Å². The molecule has 3 rings (SSSR count). The zero-order valence-corrected chi connectivity index (χ0v) is 11.4. The SMILES string of the molecule is OCc1cc2c(Oc3ccc(Cl)cc3)cncc2s1. The zero-order chi connectivity index (χ0) is 13.2. The molecule has 0 unspecified atom stereocenters. The molecule has 0 saturated heterocycles. The summed E-state index contributed by atoms with van der Waals surface area (Å²) in [5, 5.41) is 10.8. The predicted molar refractivity (Wildman–Crippen MR) is 77.1 cm³/mol. The lowest BCUT2D eigenvalue weighted by atomic mass is 10.3. The van der Waals surface area contributed by atoms with Crippen molar-refractivity contribution in [1.82, 2.24) is 4.98 Å². The number of aromatic nitrogens is 1. The predicted octanol–water partition coefficient (Wildman–Crippen LogP) is 4.23. The third kappa shape index (κ3) is 2.56. The number of benzene rings is 1. The summed E-state index contributed by atoms with van der Waals surface area (Å²) in [6.45, 7) is 0.0275. The molecule has 0 bridgehead atoms. The van der Waals surface area contributed by atoms with Crippen LogP contribution in [0.5, 0.6) is 11.5 Å². The first kappa shape index (κ1) is 12.4. The van der Waals surface area contributed by atoms with E-state index < -0.39 is 0 Å². The highest BCUT2D eigenvalue weighted by molar-refractivity contribution is 7.19. The topological polar surface area (TPSA) is 42.4 Å². The van der Waals surface area contributed by atoms with E-state index in [1.807, 2.05) is 6.07 Å². The lowest BCUT2D eigenvalue weighted by Crippen LogP contribution is -1.85. The maximum atomic E-state index is 9.18. The maximum absolute atomic E-state index is 9.18. The first-order chi connectivity index (χ1) is 9.26. The van der Waals surface area contributed by atoms with Crippen molar-refractivity contribution in [2.45, 2.75) is 6.61 Å². The van der Waals surface area contributed by atoms with Crippen molar-refractivity contribution in [3.63, 3.8) is 0 Å². The molecular weight excluding hydrogens is 282 g/mol. The van der Waals surface area contributed by atoms with Gasteiger partial charge in [0.2, 0.25) is 0 Å². The molecule has 0 aliphatic carbocycles. The second-order valence-electron chi connectivity index (χ2n) is 3.98. The Morgan fingerprint density at radius 3 is 2.74 bits per heavy atom. The molecule has 19 heavy (non-hydrogen) atoms. The molecule has 0 spiro atoms. The van der Waals surface area contributed by atoms with Gasteiger partial charge in [0.1, 0.15) is 5.75 Å². The van der Waals surface area contributed by atoms with Gasteiger partial charge in [-0.1, -0.05) is 11.6 Å². The van der Waals surface area contributed by atoms with Gasteiger partial charge >= 0.3 is 0 Å². The van der Waals surface area contributed by atoms with Crippen LogP contribution in [0.25, 0.3) is 10.1 Å². The third-order valence-corrected chi connectivity index (χ3v) is 3.96. The van der Waals surface area contributed by atoms with E-state index in [9.17, 15) is 5.11 Å². The van der Waals surface area contributed by atoms with Gasteiger partial charge < -0.3 is 9.84 Å². The number of pyridine rings is 1. The Hall–Kier alpha value is -1.62. The summed E-state index contributed by atoms with van der Waals surface area (Å²) >= 11 is 7.35. The Morgan fingerprint density at radius 1 is 1.21 bits per heavy atom. The maximum Gasteiger partial charge on any atom is 0.154 e. The number of thiophene rings is 1. The van der Waals surface area contributed by atoms with E-state index in [1.54, 1.807) is 36.7 Å². The van der Waals surface area contributed by atoms with Crippen LogP contribution in [0.4, 0.5) is 0 Å². The Bertz CT molecular complexity index is 709. The Kier molecular flexibility index (Phi) is 3.38. The van der Waals surface area contributed by atoms with Crippen molar-refractivity contribution in [1.29, 1.82) is 0 Å². The normalized spacial score (nSPS) is 10.8. The second kappa shape index (κ2) is 5.17. The van der Waals surface area contributed by atoms with E-state index in [4.69, 9.17) is 16.3 Å². The summed E-state index contributed by atoms with van der Waals surface area (Å²) in [5.74, 6) is 1.38. The molecular formula is C14H10ClNO2S. The average Bonchev–Trinajstić information content (AvgIpc) is 2.85. The van der Waals surface area contributed by atoms with Gasteiger partial charge in [0.25, 0.3) is 0 Å². The second-order valence-corrected chi connectivity index (χ2v) is 5.58. The number of hydrogen-bond acceptors (Lipinski definition) is 4. The summed E-state index contributed by atoms with van der Waals surface area (Å²) in [7, 11) is 0. The van der Waals surface area contributed by atoms with Gasteiger partial charge in [-0.25, -0.2) is 0 Å². The van der Waals surface area contributed by atoms with Crippen LogP contribution in [0.3, 0.4) is 0 Å². The van der Waals surface area contributed by atoms with Crippen LogP contribution in [-0.4, -0.2) is 10.1 Å². The minimum atomic E-state index is 0.0275. The van der Waals surface area contributed by atoms with Gasteiger partial charge in [-0.05, 0) is 30.3 Å². The van der Waals surface area contributed by atoms with Gasteiger partial charge in [-0.2, -0.15) is 0 Å². The number of halogens is 1. The lowest BCUT2D eigenvalue weighted by Gasteiger charge is -2.06. The van der Waals surface area contributed by atoms with E-state index in [0.29, 0.717) is 16.5 Å². The number of nitrogens with zero attached hydrogens (tertiary/aromatic N) is 1. The number of fused-ring (bicyclic) bond motifs is 1. The minimum Gasteiger partial charge on any atom is -0.455 e. The van der Waals surface area contributed by atoms with Crippen LogP contribution in [0, 0.1) is 0 Å². The fraction of sp³-hybridized carbons (Fsp3) is 0.0714. The summed E-state index contributed by atoms with van der Waals surface area (Å²) in [5.41, 5.74) is 0. The zero-order valence-electron chi connectivity index (χ0n) is 9.84. The highest BCUT2D eigenvalue weighted by Crippen LogP contribution is 2.34. The van der Waals surface area contributed by atoms with E-state index in [0.717, 1.165) is 15.0 Å². The third-order valence-electron chi connectivity index (χ3n) is 2.66. The largest absolute Gasteiger partial charge is 0.455 e. The monoisotopic (exact) mass is 291 g/mol. The molecule has 1 aromatic carbocycles. The standard InChI is InChI=1S/C14H10ClNO2S/c15-9-1-3-10(4-2-9)18-13-6-16-7-14-12(13)5-11(8-17)19-14/h1-7,17H,8H2. The number of rotatable bonds is 3. The molecule has 3 aromatic rings. The van der Waals surface area contributed by atoms with Gasteiger partial charge in [-0.3, -0.25) is 4.98 Å². The Labute approximate surface area is 119 Å². The van der Waals surface area contributed by atoms with E-state index in [2.05, 4.69) is 4.98 Å². The van der Waals surface area contributed by atoms with Crippen LogP contribution in [0.15, 0.2) is 42.7 Å². The van der Waals surface area contributed by atoms with Crippen molar-refractivity contribution >= 4 is 33.0 Å². The van der Waals surface area contributed by atoms with Gasteiger partial charge in [0, 0.05) is 21.5 Å². The fourth-order valence-electron chi connectivity index (χ4n) is 1.78. The molecule has 0 saturated carbocycles. The smallest absolute Gasteiger partial charge is 0.154 e. The number of aliphatic hydroxyl groups is 1. The van der Waals surface area contributed by atoms with Crippen molar-refractivity contribution in [3.8, 4) is 11.5 Å². The molecule has 0 amide bonds. The molecule has 0 fully saturated rings. The van der Waals surface area contributed by atoms with Crippen molar-refractivity contribution in [2.75, 3.05) is 0 Å². The van der Waals surface area contributed by atoms with Crippen LogP contribution >= 0.6 is 22.9 Å². The molecule has 0 atom stereocenters. The van der Waals surface area contributed by atoms with E-state index in [-0.39, 0.29) is 6.61 Å². The van der Waals surface area contributed by atoms with Crippen molar-refractivity contribution in [2.24, 2.45) is 0 Å². The molecule has 2 aromatic heterocycles. The van der Waals surface area contributed by atoms with Crippen molar-refractivity contribution in [3.05, 3.63) is 52.6 Å². The molecule has 3 nitrogen and oxygen atoms in total. The van der Waals surface area contributed by atoms with Crippen LogP contribution in [0.1, 0.15) is 4.88 Å². The molecule has 0 aliphatic heterocycles. The van der Waals surface area contributed by atoms with E-state index in [1.165, 1.54) is 11.3 Å². The summed E-state index contributed by atoms with van der Waals surface area (Å²) < 4.78 is 6.80. The van der Waals surface area contributed by atoms with Crippen molar-refractivity contribution < 1.29 is 9.84 Å². The quantitative estimate of drug-likeness (QED) is 0.785. The first-order valence-corrected chi connectivity index (χ1v) is 6.86. The number of hydrogen-bond donors (Lipinski definition) is 1. The fourth-order valence-corrected chi connectivity index (χ4v) is 2.81. The average molecular weight is 292 g/mol. The lowest BCUT2D eigenvalue weighted by molar-refractivity contribution is 0.285. The molecule has 2 heterocycles. The molecule has 1 N–H and O–H groups in total. The highest BCUT2D eigenvalue weighted by Gasteiger charge is 2.08. The summed E-state index contributed by atoms with van der Waals surface area (Å²) in [4.78, 5) is 5.04. The van der Waals surface area contributed by atoms with Gasteiger partial charge in [0.05, 0.1) is 17.5 Å². The molecule has 0 radical (unpaired) electrons. The van der Waals surface area contributed by atoms with Crippen LogP contribution in [0.2, 0.25) is 5.02 Å². The molecule has 96 valence electrons.